The molecule has 0 aromatic heterocycles. The van der Waals surface area contributed by atoms with Gasteiger partial charge in [-0.3, -0.25) is 4.79 Å². The lowest BCUT2D eigenvalue weighted by Crippen LogP contribution is -2.28. The second kappa shape index (κ2) is 8.63. The fraction of sp³-hybridized carbons (Fsp3) is 0.500. The van der Waals surface area contributed by atoms with Gasteiger partial charge in [-0.1, -0.05) is 12.1 Å². The van der Waals surface area contributed by atoms with E-state index in [-0.39, 0.29) is 5.91 Å². The van der Waals surface area contributed by atoms with Crippen molar-refractivity contribution in [3.05, 3.63) is 35.4 Å². The summed E-state index contributed by atoms with van der Waals surface area (Å²) < 4.78 is 5.40. The van der Waals surface area contributed by atoms with Crippen LogP contribution in [0.25, 0.3) is 0 Å². The summed E-state index contributed by atoms with van der Waals surface area (Å²) in [5.74, 6) is -0.0912. The maximum Gasteiger partial charge on any atom is 0.251 e. The van der Waals surface area contributed by atoms with E-state index in [1.54, 1.807) is 6.07 Å². The Kier molecular flexibility index (Phi) is 7.10. The van der Waals surface area contributed by atoms with Gasteiger partial charge in [0.2, 0.25) is 0 Å². The zero-order valence-corrected chi connectivity index (χ0v) is 11.7. The van der Waals surface area contributed by atoms with Crippen LogP contribution in [0.4, 0.5) is 0 Å². The van der Waals surface area contributed by atoms with Crippen LogP contribution in [0.3, 0.4) is 0 Å². The molecule has 0 unspecified atom stereocenters. The van der Waals surface area contributed by atoms with Gasteiger partial charge in [-0.25, -0.2) is 0 Å². The predicted octanol–water partition coefficient (Wildman–Crippen LogP) is 0.453. The van der Waals surface area contributed by atoms with Crippen molar-refractivity contribution in [3.8, 4) is 0 Å². The van der Waals surface area contributed by atoms with Crippen LogP contribution in [0, 0.1) is 0 Å². The molecular formula is C14H23N3O2. The Morgan fingerprint density at radius 1 is 1.37 bits per heavy atom. The Labute approximate surface area is 114 Å². The molecule has 0 radical (unpaired) electrons. The first-order valence-electron chi connectivity index (χ1n) is 6.43. The third kappa shape index (κ3) is 6.33. The highest BCUT2D eigenvalue weighted by Crippen LogP contribution is 2.04. The van der Waals surface area contributed by atoms with Crippen molar-refractivity contribution in [2.24, 2.45) is 5.73 Å². The van der Waals surface area contributed by atoms with E-state index < -0.39 is 0 Å². The zero-order valence-electron chi connectivity index (χ0n) is 11.7. The molecule has 0 aliphatic heterocycles. The molecule has 1 rings (SSSR count). The van der Waals surface area contributed by atoms with E-state index in [1.165, 1.54) is 0 Å². The maximum atomic E-state index is 11.8. The van der Waals surface area contributed by atoms with Crippen molar-refractivity contribution in [1.82, 2.24) is 10.2 Å². The van der Waals surface area contributed by atoms with Crippen molar-refractivity contribution in [2.45, 2.75) is 6.54 Å². The molecule has 0 bridgehead atoms. The molecule has 1 amide bonds. The first-order chi connectivity index (χ1) is 9.13. The van der Waals surface area contributed by atoms with E-state index in [1.807, 2.05) is 32.3 Å². The van der Waals surface area contributed by atoms with Gasteiger partial charge >= 0.3 is 0 Å². The molecule has 0 fully saturated rings. The van der Waals surface area contributed by atoms with Gasteiger partial charge < -0.3 is 20.7 Å². The minimum Gasteiger partial charge on any atom is -0.378 e. The number of nitrogens with one attached hydrogen (secondary N) is 1. The number of nitrogens with two attached hydrogens (primary N) is 1. The van der Waals surface area contributed by atoms with Crippen LogP contribution in [-0.2, 0) is 11.3 Å². The summed E-state index contributed by atoms with van der Waals surface area (Å²) >= 11 is 0. The lowest BCUT2D eigenvalue weighted by molar-refractivity contribution is 0.0900. The highest BCUT2D eigenvalue weighted by Gasteiger charge is 2.04. The second-order valence-electron chi connectivity index (χ2n) is 4.58. The molecule has 0 heterocycles. The van der Waals surface area contributed by atoms with Crippen molar-refractivity contribution in [1.29, 1.82) is 0 Å². The molecule has 1 aromatic rings. The molecular weight excluding hydrogens is 242 g/mol. The Bertz CT molecular complexity index is 394. The Balaban J connectivity index is 2.23. The molecule has 0 saturated heterocycles. The monoisotopic (exact) mass is 265 g/mol. The molecule has 0 aliphatic rings. The molecule has 5 nitrogen and oxygen atoms in total. The van der Waals surface area contributed by atoms with Crippen molar-refractivity contribution in [3.63, 3.8) is 0 Å². The summed E-state index contributed by atoms with van der Waals surface area (Å²) in [6.45, 7) is 3.03. The van der Waals surface area contributed by atoms with Crippen molar-refractivity contribution < 1.29 is 9.53 Å². The summed E-state index contributed by atoms with van der Waals surface area (Å²) in [5.41, 5.74) is 7.13. The van der Waals surface area contributed by atoms with Gasteiger partial charge in [0.25, 0.3) is 5.91 Å². The summed E-state index contributed by atoms with van der Waals surface area (Å²) in [4.78, 5) is 13.9. The minimum atomic E-state index is -0.0912. The molecule has 5 heteroatoms. The molecule has 0 spiro atoms. The van der Waals surface area contributed by atoms with E-state index in [2.05, 4.69) is 10.2 Å². The van der Waals surface area contributed by atoms with Gasteiger partial charge in [-0.2, -0.15) is 0 Å². The van der Waals surface area contributed by atoms with Gasteiger partial charge in [0, 0.05) is 25.2 Å². The highest BCUT2D eigenvalue weighted by atomic mass is 16.5. The van der Waals surface area contributed by atoms with Crippen molar-refractivity contribution in [2.75, 3.05) is 40.4 Å². The molecule has 19 heavy (non-hydrogen) atoms. The Hall–Kier alpha value is -1.43. The van der Waals surface area contributed by atoms with Crippen LogP contribution in [0.1, 0.15) is 15.9 Å². The van der Waals surface area contributed by atoms with Crippen LogP contribution in [0.15, 0.2) is 24.3 Å². The zero-order chi connectivity index (χ0) is 14.1. The topological polar surface area (TPSA) is 67.6 Å². The number of amides is 1. The van der Waals surface area contributed by atoms with E-state index in [0.29, 0.717) is 31.9 Å². The molecule has 3 N–H and O–H groups in total. The van der Waals surface area contributed by atoms with E-state index in [9.17, 15) is 4.79 Å². The molecule has 0 saturated carbocycles. The lowest BCUT2D eigenvalue weighted by Gasteiger charge is -2.10. The largest absolute Gasteiger partial charge is 0.378 e. The van der Waals surface area contributed by atoms with Gasteiger partial charge in [-0.05, 0) is 31.8 Å². The molecule has 0 aliphatic carbocycles. The number of hydrogen-bond donors (Lipinski definition) is 2. The first-order valence-corrected chi connectivity index (χ1v) is 6.43. The molecule has 0 atom stereocenters. The van der Waals surface area contributed by atoms with E-state index in [4.69, 9.17) is 10.5 Å². The summed E-state index contributed by atoms with van der Waals surface area (Å²) in [6.07, 6.45) is 0. The minimum absolute atomic E-state index is 0.0912. The Morgan fingerprint density at radius 3 is 2.84 bits per heavy atom. The highest BCUT2D eigenvalue weighted by molar-refractivity contribution is 5.94. The van der Waals surface area contributed by atoms with Crippen LogP contribution in [0.5, 0.6) is 0 Å². The number of likely N-dealkylation sites (N-methyl/N-ethyl adjacent to an activating group) is 1. The average molecular weight is 265 g/mol. The van der Waals surface area contributed by atoms with Gasteiger partial charge in [-0.15, -0.1) is 0 Å². The van der Waals surface area contributed by atoms with E-state index >= 15 is 0 Å². The third-order valence-corrected chi connectivity index (χ3v) is 2.64. The molecule has 1 aromatic carbocycles. The maximum absolute atomic E-state index is 11.8. The van der Waals surface area contributed by atoms with Crippen LogP contribution in [-0.4, -0.2) is 51.2 Å². The lowest BCUT2D eigenvalue weighted by atomic mass is 10.1. The number of hydrogen-bond acceptors (Lipinski definition) is 4. The van der Waals surface area contributed by atoms with Gasteiger partial charge in [0.1, 0.15) is 0 Å². The number of benzene rings is 1. The predicted molar refractivity (Wildman–Crippen MR) is 76.0 cm³/mol. The fourth-order valence-corrected chi connectivity index (χ4v) is 1.53. The number of rotatable bonds is 8. The number of ether oxygens (including phenoxy) is 1. The summed E-state index contributed by atoms with van der Waals surface area (Å²) in [5, 5.41) is 2.82. The quantitative estimate of drug-likeness (QED) is 0.670. The SMILES string of the molecule is CN(C)CCOCCNC(=O)c1cccc(CN)c1. The second-order valence-corrected chi connectivity index (χ2v) is 4.58. The first kappa shape index (κ1) is 15.6. The average Bonchev–Trinajstić information content (AvgIpc) is 2.42. The summed E-state index contributed by atoms with van der Waals surface area (Å²) in [7, 11) is 3.99. The standard InChI is InChI=1S/C14H23N3O2/c1-17(2)7-9-19-8-6-16-14(18)13-5-3-4-12(10-13)11-15/h3-5,10H,6-9,11,15H2,1-2H3,(H,16,18). The van der Waals surface area contributed by atoms with Crippen molar-refractivity contribution >= 4 is 5.91 Å². The van der Waals surface area contributed by atoms with Crippen LogP contribution in [0.2, 0.25) is 0 Å². The summed E-state index contributed by atoms with van der Waals surface area (Å²) in [6, 6.07) is 7.33. The van der Waals surface area contributed by atoms with Crippen LogP contribution < -0.4 is 11.1 Å². The normalized spacial score (nSPS) is 10.7. The molecule has 106 valence electrons. The van der Waals surface area contributed by atoms with E-state index in [0.717, 1.165) is 12.1 Å². The Morgan fingerprint density at radius 2 is 2.16 bits per heavy atom. The number of carbonyl (C=O) groups is 1. The third-order valence-electron chi connectivity index (χ3n) is 2.64. The fourth-order valence-electron chi connectivity index (χ4n) is 1.53. The smallest absolute Gasteiger partial charge is 0.251 e. The number of nitrogens with zero attached hydrogens (tertiary/aromatic N) is 1. The van der Waals surface area contributed by atoms with Crippen LogP contribution >= 0.6 is 0 Å². The number of carbonyl (C=O) groups excluding carboxylic acids is 1. The van der Waals surface area contributed by atoms with Gasteiger partial charge in [0.15, 0.2) is 0 Å². The van der Waals surface area contributed by atoms with Gasteiger partial charge in [0.05, 0.1) is 13.2 Å².